The second-order valence-electron chi connectivity index (χ2n) is 8.54. The molecule has 1 aliphatic carbocycles. The molecule has 0 N–H and O–H groups in total. The van der Waals surface area contributed by atoms with Crippen LogP contribution in [0.3, 0.4) is 0 Å². The van der Waals surface area contributed by atoms with Crippen molar-refractivity contribution in [3.05, 3.63) is 58.7 Å². The average Bonchev–Trinajstić information content (AvgIpc) is 2.87. The van der Waals surface area contributed by atoms with Crippen LogP contribution in [0, 0.1) is 0 Å². The van der Waals surface area contributed by atoms with Gasteiger partial charge in [0.1, 0.15) is 11.5 Å². The van der Waals surface area contributed by atoms with E-state index in [0.717, 1.165) is 38.5 Å². The molecule has 2 aromatic carbocycles. The van der Waals surface area contributed by atoms with Crippen LogP contribution in [0.1, 0.15) is 97.1 Å². The van der Waals surface area contributed by atoms with E-state index in [2.05, 4.69) is 13.8 Å². The van der Waals surface area contributed by atoms with Crippen LogP contribution in [0.25, 0.3) is 0 Å². The smallest absolute Gasteiger partial charge is 0.434 e. The number of ketones is 2. The number of carbonyl (C=O) groups excluding carboxylic acids is 4. The molecular formula is C28H32O8. The lowest BCUT2D eigenvalue weighted by Gasteiger charge is -2.21. The molecular weight excluding hydrogens is 464 g/mol. The minimum absolute atomic E-state index is 0.0816. The third-order valence-corrected chi connectivity index (χ3v) is 5.82. The van der Waals surface area contributed by atoms with Gasteiger partial charge in [-0.25, -0.2) is 9.59 Å². The lowest BCUT2D eigenvalue weighted by molar-refractivity contribution is 0.0921. The van der Waals surface area contributed by atoms with Gasteiger partial charge in [-0.05, 0) is 25.0 Å². The molecule has 1 aliphatic rings. The van der Waals surface area contributed by atoms with E-state index < -0.39 is 23.9 Å². The Hall–Kier alpha value is -3.68. The largest absolute Gasteiger partial charge is 0.513 e. The van der Waals surface area contributed by atoms with E-state index in [0.29, 0.717) is 12.8 Å². The summed E-state index contributed by atoms with van der Waals surface area (Å²) in [7, 11) is 0. The highest BCUT2D eigenvalue weighted by Gasteiger charge is 2.36. The van der Waals surface area contributed by atoms with Crippen molar-refractivity contribution in [3.8, 4) is 11.5 Å². The third-order valence-electron chi connectivity index (χ3n) is 5.82. The number of hydrogen-bond donors (Lipinski definition) is 0. The first kappa shape index (κ1) is 26.9. The number of ether oxygens (including phenoxy) is 4. The normalized spacial score (nSPS) is 11.9. The molecule has 0 fully saturated rings. The van der Waals surface area contributed by atoms with Crippen LogP contribution >= 0.6 is 0 Å². The average molecular weight is 497 g/mol. The van der Waals surface area contributed by atoms with E-state index in [1.165, 1.54) is 36.4 Å². The van der Waals surface area contributed by atoms with Crippen LogP contribution < -0.4 is 9.47 Å². The Morgan fingerprint density at radius 2 is 1.06 bits per heavy atom. The summed E-state index contributed by atoms with van der Waals surface area (Å²) in [6.07, 6.45) is 5.54. The zero-order valence-electron chi connectivity index (χ0n) is 20.8. The third kappa shape index (κ3) is 6.71. The lowest BCUT2D eigenvalue weighted by Crippen LogP contribution is -2.24. The first-order valence-corrected chi connectivity index (χ1v) is 12.5. The monoisotopic (exact) mass is 496 g/mol. The first-order valence-electron chi connectivity index (χ1n) is 12.5. The van der Waals surface area contributed by atoms with Gasteiger partial charge in [-0.2, -0.15) is 0 Å². The standard InChI is InChI=1S/C28H32O8/c1-3-5-7-9-17-33-27(31)35-21-15-11-13-19-23(21)26(30)24-20(25(19)29)14-12-16-22(24)36-28(32)34-18-10-8-6-4-2/h11-16H,3-10,17-18H2,1-2H3. The van der Waals surface area contributed by atoms with Crippen LogP contribution in [0.2, 0.25) is 0 Å². The molecule has 0 saturated carbocycles. The molecule has 36 heavy (non-hydrogen) atoms. The Morgan fingerprint density at radius 3 is 1.47 bits per heavy atom. The van der Waals surface area contributed by atoms with Gasteiger partial charge in [0.25, 0.3) is 0 Å². The molecule has 2 aromatic rings. The zero-order valence-corrected chi connectivity index (χ0v) is 20.8. The van der Waals surface area contributed by atoms with Crippen molar-refractivity contribution in [3.63, 3.8) is 0 Å². The number of fused-ring (bicyclic) bond motifs is 2. The second-order valence-corrected chi connectivity index (χ2v) is 8.54. The summed E-state index contributed by atoms with van der Waals surface area (Å²) in [6.45, 7) is 4.56. The molecule has 3 rings (SSSR count). The summed E-state index contributed by atoms with van der Waals surface area (Å²) < 4.78 is 20.8. The van der Waals surface area contributed by atoms with Crippen LogP contribution in [-0.4, -0.2) is 37.1 Å². The number of benzene rings is 2. The van der Waals surface area contributed by atoms with Crippen molar-refractivity contribution in [1.29, 1.82) is 0 Å². The topological polar surface area (TPSA) is 105 Å². The van der Waals surface area contributed by atoms with Crippen molar-refractivity contribution < 1.29 is 38.1 Å². The lowest BCUT2D eigenvalue weighted by atomic mass is 9.83. The van der Waals surface area contributed by atoms with Gasteiger partial charge in [-0.3, -0.25) is 9.59 Å². The minimum Gasteiger partial charge on any atom is -0.434 e. The van der Waals surface area contributed by atoms with Crippen LogP contribution in [0.5, 0.6) is 11.5 Å². The summed E-state index contributed by atoms with van der Waals surface area (Å²) in [5.41, 5.74) is 0.0247. The summed E-state index contributed by atoms with van der Waals surface area (Å²) in [6, 6.07) is 8.85. The van der Waals surface area contributed by atoms with E-state index in [1.54, 1.807) is 0 Å². The SMILES string of the molecule is CCCCCCOC(=O)Oc1cccc2c1C(=O)c1c(OC(=O)OCCCCCC)cccc1C2=O. The van der Waals surface area contributed by atoms with Gasteiger partial charge in [0, 0.05) is 11.1 Å². The summed E-state index contributed by atoms with van der Waals surface area (Å²) >= 11 is 0. The van der Waals surface area contributed by atoms with E-state index in [1.807, 2.05) is 0 Å². The van der Waals surface area contributed by atoms with E-state index >= 15 is 0 Å². The molecule has 0 amide bonds. The van der Waals surface area contributed by atoms with Crippen molar-refractivity contribution in [2.75, 3.05) is 13.2 Å². The summed E-state index contributed by atoms with van der Waals surface area (Å²) in [5, 5.41) is 0. The fourth-order valence-electron chi connectivity index (χ4n) is 3.96. The molecule has 0 unspecified atom stereocenters. The highest BCUT2D eigenvalue weighted by atomic mass is 16.7. The molecule has 192 valence electrons. The molecule has 0 spiro atoms. The van der Waals surface area contributed by atoms with Gasteiger partial charge in [0.05, 0.1) is 24.3 Å². The quantitative estimate of drug-likeness (QED) is 0.156. The number of carbonyl (C=O) groups is 4. The Kier molecular flexibility index (Phi) is 10.0. The fraction of sp³-hybridized carbons (Fsp3) is 0.429. The predicted octanol–water partition coefficient (Wildman–Crippen LogP) is 6.65. The minimum atomic E-state index is -0.956. The molecule has 8 nitrogen and oxygen atoms in total. The molecule has 0 bridgehead atoms. The van der Waals surface area contributed by atoms with Gasteiger partial charge >= 0.3 is 12.3 Å². The zero-order chi connectivity index (χ0) is 25.9. The Balaban J connectivity index is 1.76. The molecule has 0 aromatic heterocycles. The van der Waals surface area contributed by atoms with Gasteiger partial charge in [-0.15, -0.1) is 0 Å². The molecule has 8 heteroatoms. The Morgan fingerprint density at radius 1 is 0.611 bits per heavy atom. The number of unbranched alkanes of at least 4 members (excludes halogenated alkanes) is 6. The number of rotatable bonds is 12. The maximum atomic E-state index is 13.5. The van der Waals surface area contributed by atoms with Crippen LogP contribution in [-0.2, 0) is 9.47 Å². The predicted molar refractivity (Wildman–Crippen MR) is 132 cm³/mol. The fourth-order valence-corrected chi connectivity index (χ4v) is 3.96. The Bertz CT molecular complexity index is 1020. The van der Waals surface area contributed by atoms with E-state index in [4.69, 9.17) is 18.9 Å². The van der Waals surface area contributed by atoms with Crippen LogP contribution in [0.15, 0.2) is 36.4 Å². The molecule has 0 saturated heterocycles. The van der Waals surface area contributed by atoms with Gasteiger partial charge in [-0.1, -0.05) is 76.6 Å². The van der Waals surface area contributed by atoms with Gasteiger partial charge in [0.15, 0.2) is 5.78 Å². The highest BCUT2D eigenvalue weighted by Crippen LogP contribution is 2.37. The van der Waals surface area contributed by atoms with E-state index in [-0.39, 0.29) is 47.0 Å². The Labute approximate surface area is 210 Å². The maximum Gasteiger partial charge on any atom is 0.513 e. The van der Waals surface area contributed by atoms with Crippen molar-refractivity contribution in [2.24, 2.45) is 0 Å². The summed E-state index contributed by atoms with van der Waals surface area (Å²) in [4.78, 5) is 51.1. The molecule has 0 aliphatic heterocycles. The first-order chi connectivity index (χ1) is 17.5. The van der Waals surface area contributed by atoms with Gasteiger partial charge < -0.3 is 18.9 Å². The van der Waals surface area contributed by atoms with Crippen molar-refractivity contribution in [2.45, 2.75) is 65.2 Å². The van der Waals surface area contributed by atoms with Crippen LogP contribution in [0.4, 0.5) is 9.59 Å². The molecule has 0 atom stereocenters. The van der Waals surface area contributed by atoms with Crippen molar-refractivity contribution >= 4 is 23.9 Å². The van der Waals surface area contributed by atoms with E-state index in [9.17, 15) is 19.2 Å². The van der Waals surface area contributed by atoms with Crippen molar-refractivity contribution in [1.82, 2.24) is 0 Å². The maximum absolute atomic E-state index is 13.5. The highest BCUT2D eigenvalue weighted by molar-refractivity contribution is 6.30. The second kappa shape index (κ2) is 13.4. The molecule has 0 heterocycles. The molecule has 0 radical (unpaired) electrons. The van der Waals surface area contributed by atoms with Gasteiger partial charge in [0.2, 0.25) is 5.78 Å². The number of hydrogen-bond acceptors (Lipinski definition) is 8. The summed E-state index contributed by atoms with van der Waals surface area (Å²) in [5.74, 6) is -1.24.